The van der Waals surface area contributed by atoms with Crippen LogP contribution < -0.4 is 5.73 Å². The molecule has 0 aromatic carbocycles. The van der Waals surface area contributed by atoms with Crippen LogP contribution in [0, 0.1) is 0 Å². The van der Waals surface area contributed by atoms with Gasteiger partial charge in [-0.3, -0.25) is 4.79 Å². The zero-order valence-corrected chi connectivity index (χ0v) is 13.6. The lowest BCUT2D eigenvalue weighted by Crippen LogP contribution is -2.50. The van der Waals surface area contributed by atoms with Crippen LogP contribution in [0.25, 0.3) is 0 Å². The van der Waals surface area contributed by atoms with Crippen molar-refractivity contribution in [2.45, 2.75) is 20.8 Å². The van der Waals surface area contributed by atoms with Gasteiger partial charge in [0.2, 0.25) is 5.91 Å². The molecule has 1 rings (SSSR count). The Kier molecular flexibility index (Phi) is 6.69. The zero-order chi connectivity index (χ0) is 16.7. The first-order valence-electron chi connectivity index (χ1n) is 7.26. The van der Waals surface area contributed by atoms with E-state index in [1.165, 1.54) is 6.92 Å². The van der Waals surface area contributed by atoms with Gasteiger partial charge in [0.1, 0.15) is 6.61 Å². The van der Waals surface area contributed by atoms with Crippen LogP contribution in [-0.4, -0.2) is 54.6 Å². The first-order valence-corrected chi connectivity index (χ1v) is 7.26. The number of nitrogens with two attached hydrogens (primary N) is 1. The standard InChI is InChI=1S/C16H25N3O3/c1-12(2)9-15(10-13(3)17)11-22-16(21)19-7-5-18(6-8-19)14(4)20/h9-10H,1,5-8,11,17H2,2-4H3/b13-10-,15-9+. The Morgan fingerprint density at radius 3 is 2.09 bits per heavy atom. The summed E-state index contributed by atoms with van der Waals surface area (Å²) in [5, 5.41) is 0. The Bertz CT molecular complexity index is 497. The van der Waals surface area contributed by atoms with Crippen LogP contribution in [0.3, 0.4) is 0 Å². The van der Waals surface area contributed by atoms with Crippen molar-refractivity contribution in [3.63, 3.8) is 0 Å². The largest absolute Gasteiger partial charge is 0.445 e. The lowest BCUT2D eigenvalue weighted by atomic mass is 10.1. The first kappa shape index (κ1) is 17.8. The second-order valence-electron chi connectivity index (χ2n) is 5.50. The topological polar surface area (TPSA) is 75.9 Å². The average molecular weight is 307 g/mol. The third kappa shape index (κ3) is 6.03. The van der Waals surface area contributed by atoms with E-state index in [0.717, 1.165) is 11.1 Å². The fourth-order valence-corrected chi connectivity index (χ4v) is 2.17. The molecule has 1 heterocycles. The number of ether oxygens (including phenoxy) is 1. The van der Waals surface area contributed by atoms with Gasteiger partial charge in [0, 0.05) is 38.8 Å². The molecule has 0 spiro atoms. The second kappa shape index (κ2) is 8.26. The van der Waals surface area contributed by atoms with E-state index < -0.39 is 0 Å². The van der Waals surface area contributed by atoms with Gasteiger partial charge in [-0.1, -0.05) is 18.2 Å². The van der Waals surface area contributed by atoms with E-state index in [-0.39, 0.29) is 18.6 Å². The summed E-state index contributed by atoms with van der Waals surface area (Å²) < 4.78 is 5.32. The number of nitrogens with zero attached hydrogens (tertiary/aromatic N) is 2. The number of piperazine rings is 1. The summed E-state index contributed by atoms with van der Waals surface area (Å²) >= 11 is 0. The smallest absolute Gasteiger partial charge is 0.410 e. The molecule has 0 saturated carbocycles. The lowest BCUT2D eigenvalue weighted by molar-refractivity contribution is -0.130. The number of amides is 2. The van der Waals surface area contributed by atoms with E-state index in [2.05, 4.69) is 6.58 Å². The van der Waals surface area contributed by atoms with Gasteiger partial charge in [0.05, 0.1) is 0 Å². The van der Waals surface area contributed by atoms with E-state index >= 15 is 0 Å². The molecule has 2 N–H and O–H groups in total. The summed E-state index contributed by atoms with van der Waals surface area (Å²) in [6.45, 7) is 11.2. The average Bonchev–Trinajstić information content (AvgIpc) is 2.43. The van der Waals surface area contributed by atoms with Crippen LogP contribution in [0.1, 0.15) is 20.8 Å². The van der Waals surface area contributed by atoms with Crippen molar-refractivity contribution in [2.75, 3.05) is 32.8 Å². The van der Waals surface area contributed by atoms with Gasteiger partial charge < -0.3 is 20.3 Å². The van der Waals surface area contributed by atoms with Crippen molar-refractivity contribution in [1.29, 1.82) is 0 Å². The van der Waals surface area contributed by atoms with Gasteiger partial charge >= 0.3 is 6.09 Å². The van der Waals surface area contributed by atoms with Crippen LogP contribution in [0.2, 0.25) is 0 Å². The van der Waals surface area contributed by atoms with Crippen molar-refractivity contribution >= 4 is 12.0 Å². The molecule has 1 saturated heterocycles. The van der Waals surface area contributed by atoms with Crippen LogP contribution in [-0.2, 0) is 9.53 Å². The molecule has 6 nitrogen and oxygen atoms in total. The zero-order valence-electron chi connectivity index (χ0n) is 13.6. The molecule has 0 radical (unpaired) electrons. The molecule has 0 aliphatic carbocycles. The van der Waals surface area contributed by atoms with E-state index in [1.807, 2.05) is 13.0 Å². The molecular weight excluding hydrogens is 282 g/mol. The Morgan fingerprint density at radius 1 is 1.09 bits per heavy atom. The molecule has 0 aromatic rings. The quantitative estimate of drug-likeness (QED) is 0.801. The van der Waals surface area contributed by atoms with Crippen LogP contribution in [0.5, 0.6) is 0 Å². The van der Waals surface area contributed by atoms with Crippen LogP contribution >= 0.6 is 0 Å². The van der Waals surface area contributed by atoms with E-state index in [0.29, 0.717) is 31.9 Å². The van der Waals surface area contributed by atoms with Gasteiger partial charge in [0.15, 0.2) is 0 Å². The van der Waals surface area contributed by atoms with E-state index in [1.54, 1.807) is 22.8 Å². The highest BCUT2D eigenvalue weighted by Crippen LogP contribution is 2.08. The molecule has 1 fully saturated rings. The Balaban J connectivity index is 2.53. The van der Waals surface area contributed by atoms with Crippen LogP contribution in [0.4, 0.5) is 4.79 Å². The third-order valence-electron chi connectivity index (χ3n) is 3.19. The maximum Gasteiger partial charge on any atom is 0.410 e. The molecular formula is C16H25N3O3. The number of allylic oxidation sites excluding steroid dienone is 3. The van der Waals surface area contributed by atoms with Crippen molar-refractivity contribution in [2.24, 2.45) is 5.73 Å². The first-order chi connectivity index (χ1) is 10.3. The van der Waals surface area contributed by atoms with Crippen molar-refractivity contribution < 1.29 is 14.3 Å². The third-order valence-corrected chi connectivity index (χ3v) is 3.19. The maximum absolute atomic E-state index is 12.0. The Hall–Kier alpha value is -2.24. The molecule has 0 aromatic heterocycles. The maximum atomic E-state index is 12.0. The normalized spacial score (nSPS) is 16.5. The Labute approximate surface area is 131 Å². The molecule has 0 unspecified atom stereocenters. The molecule has 0 atom stereocenters. The second-order valence-corrected chi connectivity index (χ2v) is 5.50. The van der Waals surface area contributed by atoms with E-state index in [9.17, 15) is 9.59 Å². The number of rotatable bonds is 4. The minimum Gasteiger partial charge on any atom is -0.445 e. The van der Waals surface area contributed by atoms with Gasteiger partial charge in [-0.25, -0.2) is 4.79 Å². The summed E-state index contributed by atoms with van der Waals surface area (Å²) in [4.78, 5) is 26.6. The SMILES string of the molecule is C=C(C)/C=C(\C=C(\C)N)COC(=O)N1CCN(C(C)=O)CC1. The minimum absolute atomic E-state index is 0.0308. The molecule has 22 heavy (non-hydrogen) atoms. The highest BCUT2D eigenvalue weighted by atomic mass is 16.6. The summed E-state index contributed by atoms with van der Waals surface area (Å²) in [6, 6.07) is 0. The summed E-state index contributed by atoms with van der Waals surface area (Å²) in [5.74, 6) is 0.0308. The number of hydrogen-bond donors (Lipinski definition) is 1. The molecule has 122 valence electrons. The minimum atomic E-state index is -0.376. The summed E-state index contributed by atoms with van der Waals surface area (Å²) in [6.07, 6.45) is 3.21. The Morgan fingerprint density at radius 2 is 1.64 bits per heavy atom. The predicted octanol–water partition coefficient (Wildman–Crippen LogP) is 1.65. The predicted molar refractivity (Wildman–Crippen MR) is 86.0 cm³/mol. The monoisotopic (exact) mass is 307 g/mol. The molecule has 0 bridgehead atoms. The van der Waals surface area contributed by atoms with Gasteiger partial charge in [-0.2, -0.15) is 0 Å². The van der Waals surface area contributed by atoms with Crippen LogP contribution in [0.15, 0.2) is 35.6 Å². The van der Waals surface area contributed by atoms with Gasteiger partial charge in [0.25, 0.3) is 0 Å². The van der Waals surface area contributed by atoms with Gasteiger partial charge in [-0.05, 0) is 25.5 Å². The highest BCUT2D eigenvalue weighted by molar-refractivity contribution is 5.74. The summed E-state index contributed by atoms with van der Waals surface area (Å²) in [7, 11) is 0. The molecule has 6 heteroatoms. The van der Waals surface area contributed by atoms with Crippen molar-refractivity contribution in [3.05, 3.63) is 35.6 Å². The highest BCUT2D eigenvalue weighted by Gasteiger charge is 2.23. The lowest BCUT2D eigenvalue weighted by Gasteiger charge is -2.33. The number of carbonyl (C=O) groups is 2. The number of carbonyl (C=O) groups excluding carboxylic acids is 2. The number of hydrogen-bond acceptors (Lipinski definition) is 4. The summed E-state index contributed by atoms with van der Waals surface area (Å²) in [5.41, 5.74) is 7.96. The van der Waals surface area contributed by atoms with Crippen molar-refractivity contribution in [3.8, 4) is 0 Å². The van der Waals surface area contributed by atoms with E-state index in [4.69, 9.17) is 10.5 Å². The van der Waals surface area contributed by atoms with Crippen molar-refractivity contribution in [1.82, 2.24) is 9.80 Å². The molecule has 2 amide bonds. The van der Waals surface area contributed by atoms with Gasteiger partial charge in [-0.15, -0.1) is 0 Å². The fraction of sp³-hybridized carbons (Fsp3) is 0.500. The molecule has 1 aliphatic rings. The molecule has 1 aliphatic heterocycles. The fourth-order valence-electron chi connectivity index (χ4n) is 2.17.